The quantitative estimate of drug-likeness (QED) is 0.645. The highest BCUT2D eigenvalue weighted by molar-refractivity contribution is 6.00. The molecule has 0 aliphatic heterocycles. The predicted octanol–water partition coefficient (Wildman–Crippen LogP) is 4.94. The number of amides is 1. The number of hydrogen-bond donors (Lipinski definition) is 1. The molecule has 5 heteroatoms. The molecule has 0 unspecified atom stereocenters. The number of aromatic nitrogens is 1. The Morgan fingerprint density at radius 1 is 1.19 bits per heavy atom. The van der Waals surface area contributed by atoms with Crippen LogP contribution in [0.25, 0.3) is 22.8 Å². The molecule has 140 valence electrons. The van der Waals surface area contributed by atoms with E-state index in [1.807, 2.05) is 49.4 Å². The Balaban J connectivity index is 1.87. The van der Waals surface area contributed by atoms with Crippen LogP contribution < -0.4 is 10.1 Å². The van der Waals surface area contributed by atoms with Crippen LogP contribution in [0.5, 0.6) is 5.75 Å². The minimum atomic E-state index is -0.115. The molecule has 0 fully saturated rings. The SMILES string of the molecule is CCC[C@@H](C)NC(=O)c1ccccc1-c1ncc(-c2ccc(OC)cc2)o1. The molecule has 1 heterocycles. The van der Waals surface area contributed by atoms with E-state index in [4.69, 9.17) is 9.15 Å². The number of methoxy groups -OCH3 is 1. The van der Waals surface area contributed by atoms with Gasteiger partial charge < -0.3 is 14.5 Å². The molecule has 0 saturated carbocycles. The average Bonchev–Trinajstić information content (AvgIpc) is 3.18. The molecule has 0 aliphatic carbocycles. The van der Waals surface area contributed by atoms with Gasteiger partial charge in [0.2, 0.25) is 5.89 Å². The molecule has 1 atom stereocenters. The van der Waals surface area contributed by atoms with Gasteiger partial charge in [0.05, 0.1) is 18.9 Å². The van der Waals surface area contributed by atoms with E-state index in [1.165, 1.54) is 0 Å². The maximum Gasteiger partial charge on any atom is 0.252 e. The van der Waals surface area contributed by atoms with Crippen molar-refractivity contribution in [2.75, 3.05) is 7.11 Å². The van der Waals surface area contributed by atoms with E-state index in [0.29, 0.717) is 22.8 Å². The van der Waals surface area contributed by atoms with E-state index in [2.05, 4.69) is 17.2 Å². The molecular formula is C22H24N2O3. The van der Waals surface area contributed by atoms with E-state index in [-0.39, 0.29) is 11.9 Å². The molecule has 0 radical (unpaired) electrons. The lowest BCUT2D eigenvalue weighted by Gasteiger charge is -2.14. The number of ether oxygens (including phenoxy) is 1. The topological polar surface area (TPSA) is 64.4 Å². The molecule has 0 aliphatic rings. The second-order valence-electron chi connectivity index (χ2n) is 6.47. The van der Waals surface area contributed by atoms with Gasteiger partial charge in [-0.05, 0) is 49.7 Å². The van der Waals surface area contributed by atoms with Crippen molar-refractivity contribution in [1.82, 2.24) is 10.3 Å². The summed E-state index contributed by atoms with van der Waals surface area (Å²) < 4.78 is 11.1. The minimum Gasteiger partial charge on any atom is -0.497 e. The maximum absolute atomic E-state index is 12.7. The fourth-order valence-electron chi connectivity index (χ4n) is 2.96. The fourth-order valence-corrected chi connectivity index (χ4v) is 2.96. The highest BCUT2D eigenvalue weighted by Gasteiger charge is 2.18. The molecule has 5 nitrogen and oxygen atoms in total. The average molecular weight is 364 g/mol. The van der Waals surface area contributed by atoms with Crippen molar-refractivity contribution in [3.05, 3.63) is 60.3 Å². The zero-order chi connectivity index (χ0) is 19.2. The number of carbonyl (C=O) groups excluding carboxylic acids is 1. The maximum atomic E-state index is 12.7. The van der Waals surface area contributed by atoms with Crippen LogP contribution in [-0.4, -0.2) is 24.0 Å². The van der Waals surface area contributed by atoms with Gasteiger partial charge in [-0.3, -0.25) is 4.79 Å². The van der Waals surface area contributed by atoms with Crippen LogP contribution in [0.2, 0.25) is 0 Å². The first-order chi connectivity index (χ1) is 13.1. The predicted molar refractivity (Wildman–Crippen MR) is 106 cm³/mol. The monoisotopic (exact) mass is 364 g/mol. The molecule has 0 spiro atoms. The lowest BCUT2D eigenvalue weighted by Crippen LogP contribution is -2.32. The summed E-state index contributed by atoms with van der Waals surface area (Å²) in [4.78, 5) is 17.1. The number of benzene rings is 2. The Kier molecular flexibility index (Phi) is 5.91. The Morgan fingerprint density at radius 3 is 2.63 bits per heavy atom. The number of rotatable bonds is 7. The van der Waals surface area contributed by atoms with Gasteiger partial charge in [0.15, 0.2) is 5.76 Å². The third-order valence-electron chi connectivity index (χ3n) is 4.38. The highest BCUT2D eigenvalue weighted by Crippen LogP contribution is 2.29. The van der Waals surface area contributed by atoms with Crippen molar-refractivity contribution in [2.45, 2.75) is 32.7 Å². The van der Waals surface area contributed by atoms with Crippen molar-refractivity contribution in [3.63, 3.8) is 0 Å². The molecule has 3 rings (SSSR count). The van der Waals surface area contributed by atoms with Gasteiger partial charge in [0, 0.05) is 17.2 Å². The van der Waals surface area contributed by atoms with Gasteiger partial charge in [-0.15, -0.1) is 0 Å². The van der Waals surface area contributed by atoms with Crippen molar-refractivity contribution in [1.29, 1.82) is 0 Å². The lowest BCUT2D eigenvalue weighted by molar-refractivity contribution is 0.0938. The highest BCUT2D eigenvalue weighted by atomic mass is 16.5. The van der Waals surface area contributed by atoms with Crippen LogP contribution in [0, 0.1) is 0 Å². The van der Waals surface area contributed by atoms with E-state index < -0.39 is 0 Å². The fraction of sp³-hybridized carbons (Fsp3) is 0.273. The number of oxazole rings is 1. The van der Waals surface area contributed by atoms with Crippen LogP contribution >= 0.6 is 0 Å². The van der Waals surface area contributed by atoms with E-state index in [1.54, 1.807) is 19.4 Å². The largest absolute Gasteiger partial charge is 0.497 e. The van der Waals surface area contributed by atoms with Gasteiger partial charge >= 0.3 is 0 Å². The van der Waals surface area contributed by atoms with Gasteiger partial charge in [0.1, 0.15) is 5.75 Å². The van der Waals surface area contributed by atoms with Gasteiger partial charge in [-0.1, -0.05) is 25.5 Å². The first kappa shape index (κ1) is 18.7. The van der Waals surface area contributed by atoms with Gasteiger partial charge in [-0.2, -0.15) is 0 Å². The summed E-state index contributed by atoms with van der Waals surface area (Å²) in [5.41, 5.74) is 2.13. The van der Waals surface area contributed by atoms with E-state index in [9.17, 15) is 4.79 Å². The van der Waals surface area contributed by atoms with E-state index >= 15 is 0 Å². The summed E-state index contributed by atoms with van der Waals surface area (Å²) in [6.07, 6.45) is 3.63. The first-order valence-electron chi connectivity index (χ1n) is 9.13. The van der Waals surface area contributed by atoms with Crippen LogP contribution in [0.15, 0.2) is 59.1 Å². The molecule has 1 aromatic heterocycles. The summed E-state index contributed by atoms with van der Waals surface area (Å²) in [5.74, 6) is 1.73. The third kappa shape index (κ3) is 4.37. The van der Waals surface area contributed by atoms with Crippen LogP contribution in [0.1, 0.15) is 37.0 Å². The van der Waals surface area contributed by atoms with Gasteiger partial charge in [-0.25, -0.2) is 4.98 Å². The smallest absolute Gasteiger partial charge is 0.252 e. The minimum absolute atomic E-state index is 0.115. The Morgan fingerprint density at radius 2 is 1.93 bits per heavy atom. The molecule has 0 saturated heterocycles. The van der Waals surface area contributed by atoms with Crippen LogP contribution in [0.4, 0.5) is 0 Å². The zero-order valence-electron chi connectivity index (χ0n) is 15.9. The summed E-state index contributed by atoms with van der Waals surface area (Å²) in [6, 6.07) is 15.0. The second-order valence-corrected chi connectivity index (χ2v) is 6.47. The molecule has 2 aromatic carbocycles. The Bertz CT molecular complexity index is 900. The normalized spacial score (nSPS) is 11.8. The molecule has 1 amide bonds. The van der Waals surface area contributed by atoms with E-state index in [0.717, 1.165) is 24.2 Å². The summed E-state index contributed by atoms with van der Waals surface area (Å²) >= 11 is 0. The Labute approximate surface area is 159 Å². The van der Waals surface area contributed by atoms with Gasteiger partial charge in [0.25, 0.3) is 5.91 Å². The van der Waals surface area contributed by atoms with Crippen LogP contribution in [-0.2, 0) is 0 Å². The van der Waals surface area contributed by atoms with Crippen molar-refractivity contribution in [2.24, 2.45) is 0 Å². The molecule has 0 bridgehead atoms. The number of nitrogens with zero attached hydrogens (tertiary/aromatic N) is 1. The molecule has 27 heavy (non-hydrogen) atoms. The zero-order valence-corrected chi connectivity index (χ0v) is 15.9. The first-order valence-corrected chi connectivity index (χ1v) is 9.13. The van der Waals surface area contributed by atoms with Crippen molar-refractivity contribution >= 4 is 5.91 Å². The van der Waals surface area contributed by atoms with Crippen LogP contribution in [0.3, 0.4) is 0 Å². The third-order valence-corrected chi connectivity index (χ3v) is 4.38. The summed E-state index contributed by atoms with van der Waals surface area (Å²) in [5, 5.41) is 3.04. The number of hydrogen-bond acceptors (Lipinski definition) is 4. The lowest BCUT2D eigenvalue weighted by atomic mass is 10.1. The molecular weight excluding hydrogens is 340 g/mol. The molecule has 3 aromatic rings. The second kappa shape index (κ2) is 8.54. The van der Waals surface area contributed by atoms with Crippen molar-refractivity contribution in [3.8, 4) is 28.5 Å². The Hall–Kier alpha value is -3.08. The number of nitrogens with one attached hydrogen (secondary N) is 1. The summed E-state index contributed by atoms with van der Waals surface area (Å²) in [6.45, 7) is 4.11. The molecule has 1 N–H and O–H groups in total. The number of carbonyl (C=O) groups is 1. The summed E-state index contributed by atoms with van der Waals surface area (Å²) in [7, 11) is 1.63. The standard InChI is InChI=1S/C22H24N2O3/c1-4-7-15(2)24-21(25)18-8-5-6-9-19(18)22-23-14-20(27-22)16-10-12-17(26-3)13-11-16/h5-6,8-15H,4,7H2,1-3H3,(H,24,25)/t15-/m1/s1. The van der Waals surface area contributed by atoms with Crippen molar-refractivity contribution < 1.29 is 13.9 Å².